The van der Waals surface area contributed by atoms with Crippen molar-refractivity contribution in [2.45, 2.75) is 66.2 Å². The molecule has 0 amide bonds. The van der Waals surface area contributed by atoms with E-state index in [1.54, 1.807) is 0 Å². The molecule has 0 fully saturated rings. The molecule has 0 unspecified atom stereocenters. The molecule has 1 aromatic heterocycles. The Bertz CT molecular complexity index is 3350. The van der Waals surface area contributed by atoms with Gasteiger partial charge in [0.1, 0.15) is 0 Å². The highest BCUT2D eigenvalue weighted by Crippen LogP contribution is 2.52. The number of hydrogen-bond acceptors (Lipinski definition) is 2. The van der Waals surface area contributed by atoms with E-state index in [2.05, 4.69) is 244 Å². The molecule has 3 aliphatic rings. The number of benzene rings is 7. The predicted octanol–water partition coefficient (Wildman–Crippen LogP) is 17.0. The van der Waals surface area contributed by atoms with Crippen LogP contribution in [-0.4, -0.2) is 4.57 Å². The zero-order valence-corrected chi connectivity index (χ0v) is 38.4. The van der Waals surface area contributed by atoms with Gasteiger partial charge in [0.25, 0.3) is 0 Å². The van der Waals surface area contributed by atoms with Gasteiger partial charge in [0, 0.05) is 50.3 Å². The molecule has 318 valence electrons. The Morgan fingerprint density at radius 1 is 0.523 bits per heavy atom. The molecule has 7 aromatic carbocycles. The van der Waals surface area contributed by atoms with Gasteiger partial charge in [-0.1, -0.05) is 128 Å². The number of allylic oxidation sites excluding steroid dienone is 8. The molecule has 0 radical (unpaired) electrons. The second kappa shape index (κ2) is 16.0. The SMILES string of the molecule is CC1=CCC=C(N(c2ccc(C)cc2)c2ccc(C)c(-c3ccc4c(c3)c3cc(-c5cc(N6C7=CCCC=C7C(C)(C)c7ccccc76)ccc5C)ccc3n4-c3ccccc3)c2)C=C1. The molecule has 0 atom stereocenters. The van der Waals surface area contributed by atoms with Crippen molar-refractivity contribution in [1.82, 2.24) is 4.57 Å². The maximum absolute atomic E-state index is 2.51. The zero-order chi connectivity index (χ0) is 44.4. The third-order valence-corrected chi connectivity index (χ3v) is 14.1. The van der Waals surface area contributed by atoms with Gasteiger partial charge in [0.05, 0.1) is 16.7 Å². The summed E-state index contributed by atoms with van der Waals surface area (Å²) in [5.74, 6) is 0. The van der Waals surface area contributed by atoms with Crippen molar-refractivity contribution in [1.29, 1.82) is 0 Å². The number of nitrogens with zero attached hydrogens (tertiary/aromatic N) is 3. The summed E-state index contributed by atoms with van der Waals surface area (Å²) in [5.41, 5.74) is 23.4. The first kappa shape index (κ1) is 40.4. The lowest BCUT2D eigenvalue weighted by molar-refractivity contribution is 0.603. The maximum Gasteiger partial charge on any atom is 0.0541 e. The van der Waals surface area contributed by atoms with Gasteiger partial charge >= 0.3 is 0 Å². The molecule has 2 heterocycles. The van der Waals surface area contributed by atoms with E-state index in [1.165, 1.54) is 100 Å². The fourth-order valence-corrected chi connectivity index (χ4v) is 10.6. The van der Waals surface area contributed by atoms with Gasteiger partial charge in [-0.3, -0.25) is 0 Å². The molecule has 0 spiro atoms. The van der Waals surface area contributed by atoms with Gasteiger partial charge in [-0.15, -0.1) is 0 Å². The Morgan fingerprint density at radius 2 is 1.17 bits per heavy atom. The number of fused-ring (bicyclic) bond motifs is 5. The van der Waals surface area contributed by atoms with Gasteiger partial charge in [-0.05, 0) is 176 Å². The van der Waals surface area contributed by atoms with Crippen molar-refractivity contribution in [2.75, 3.05) is 9.80 Å². The predicted molar refractivity (Wildman–Crippen MR) is 277 cm³/mol. The van der Waals surface area contributed by atoms with Crippen LogP contribution in [0.4, 0.5) is 22.7 Å². The van der Waals surface area contributed by atoms with Crippen LogP contribution in [0.5, 0.6) is 0 Å². The Morgan fingerprint density at radius 3 is 1.91 bits per heavy atom. The molecule has 3 nitrogen and oxygen atoms in total. The molecular weight excluding hydrogens is 787 g/mol. The van der Waals surface area contributed by atoms with Crippen molar-refractivity contribution in [3.63, 3.8) is 0 Å². The molecule has 2 aliphatic carbocycles. The zero-order valence-electron chi connectivity index (χ0n) is 38.4. The highest BCUT2D eigenvalue weighted by Gasteiger charge is 2.39. The molecular formula is C62H55N3. The molecule has 0 saturated heterocycles. The highest BCUT2D eigenvalue weighted by atomic mass is 15.2. The van der Waals surface area contributed by atoms with E-state index in [0.717, 1.165) is 36.3 Å². The van der Waals surface area contributed by atoms with Gasteiger partial charge in [0.15, 0.2) is 0 Å². The lowest BCUT2D eigenvalue weighted by Crippen LogP contribution is -2.36. The highest BCUT2D eigenvalue weighted by molar-refractivity contribution is 6.12. The lowest BCUT2D eigenvalue weighted by Gasteiger charge is -2.45. The number of anilines is 4. The van der Waals surface area contributed by atoms with Crippen LogP contribution in [0.1, 0.15) is 62.3 Å². The Kier molecular flexibility index (Phi) is 9.96. The topological polar surface area (TPSA) is 11.4 Å². The summed E-state index contributed by atoms with van der Waals surface area (Å²) in [6.45, 7) is 13.6. The Balaban J connectivity index is 1.07. The van der Waals surface area contributed by atoms with Crippen molar-refractivity contribution in [2.24, 2.45) is 0 Å². The molecule has 0 N–H and O–H groups in total. The number of aromatic nitrogens is 1. The first-order valence-corrected chi connectivity index (χ1v) is 23.2. The summed E-state index contributed by atoms with van der Waals surface area (Å²) in [4.78, 5) is 4.91. The van der Waals surface area contributed by atoms with E-state index in [-0.39, 0.29) is 5.41 Å². The average Bonchev–Trinajstić information content (AvgIpc) is 3.49. The van der Waals surface area contributed by atoms with Crippen molar-refractivity contribution >= 4 is 44.6 Å². The first-order chi connectivity index (χ1) is 31.6. The van der Waals surface area contributed by atoms with Gasteiger partial charge in [0.2, 0.25) is 0 Å². The Hall–Kier alpha value is -7.36. The minimum atomic E-state index is -0.0648. The number of rotatable bonds is 7. The minimum absolute atomic E-state index is 0.0648. The van der Waals surface area contributed by atoms with Gasteiger partial charge < -0.3 is 14.4 Å². The van der Waals surface area contributed by atoms with Crippen LogP contribution in [-0.2, 0) is 5.41 Å². The van der Waals surface area contributed by atoms with Gasteiger partial charge in [-0.25, -0.2) is 0 Å². The quantitative estimate of drug-likeness (QED) is 0.158. The van der Waals surface area contributed by atoms with E-state index in [0.29, 0.717) is 0 Å². The van der Waals surface area contributed by atoms with E-state index < -0.39 is 0 Å². The molecule has 0 saturated carbocycles. The monoisotopic (exact) mass is 841 g/mol. The van der Waals surface area contributed by atoms with E-state index in [1.807, 2.05) is 0 Å². The second-order valence-corrected chi connectivity index (χ2v) is 18.7. The van der Waals surface area contributed by atoms with Crippen LogP contribution >= 0.6 is 0 Å². The maximum atomic E-state index is 2.51. The normalized spacial score (nSPS) is 15.4. The number of aryl methyl sites for hydroxylation is 3. The van der Waals surface area contributed by atoms with E-state index in [9.17, 15) is 0 Å². The van der Waals surface area contributed by atoms with E-state index >= 15 is 0 Å². The molecule has 3 heteroatoms. The molecule has 11 rings (SSSR count). The number of para-hydroxylation sites is 2. The van der Waals surface area contributed by atoms with Crippen LogP contribution < -0.4 is 9.80 Å². The summed E-state index contributed by atoms with van der Waals surface area (Å²) in [6.07, 6.45) is 17.1. The molecule has 8 aromatic rings. The first-order valence-electron chi connectivity index (χ1n) is 23.2. The number of hydrogen-bond donors (Lipinski definition) is 0. The van der Waals surface area contributed by atoms with Crippen LogP contribution in [0.25, 0.3) is 49.7 Å². The summed E-state index contributed by atoms with van der Waals surface area (Å²) in [6, 6.07) is 56.8. The van der Waals surface area contributed by atoms with Crippen molar-refractivity contribution in [3.05, 3.63) is 233 Å². The molecule has 65 heavy (non-hydrogen) atoms. The second-order valence-electron chi connectivity index (χ2n) is 18.7. The van der Waals surface area contributed by atoms with Crippen molar-refractivity contribution < 1.29 is 0 Å². The standard InChI is InChI=1S/C62H55N3/c1-41-15-14-18-48(30-23-41)63(49-31-24-42(2)25-32-49)50-33-26-43(3)52(39-50)45-28-35-58-54(37-45)55-38-46(29-36-59(55)64(58)47-16-8-7-9-17-47)53-40-51(34-27-44(53)4)65-60-21-12-10-19-56(60)62(5,6)57-20-11-13-22-61(57)65/h7-10,12,15-40H,11,13-14H2,1-6H3. The van der Waals surface area contributed by atoms with Crippen LogP contribution in [0, 0.1) is 20.8 Å². The molecule has 1 aliphatic heterocycles. The third-order valence-electron chi connectivity index (χ3n) is 14.1. The third kappa shape index (κ3) is 6.98. The smallest absolute Gasteiger partial charge is 0.0541 e. The molecule has 0 bridgehead atoms. The van der Waals surface area contributed by atoms with Gasteiger partial charge in [-0.2, -0.15) is 0 Å². The van der Waals surface area contributed by atoms with Crippen LogP contribution in [0.3, 0.4) is 0 Å². The average molecular weight is 842 g/mol. The fourth-order valence-electron chi connectivity index (χ4n) is 10.6. The summed E-state index contributed by atoms with van der Waals surface area (Å²) in [7, 11) is 0. The summed E-state index contributed by atoms with van der Waals surface area (Å²) < 4.78 is 2.43. The minimum Gasteiger partial charge on any atom is -0.311 e. The Labute approximate surface area is 384 Å². The van der Waals surface area contributed by atoms with Crippen LogP contribution in [0.15, 0.2) is 211 Å². The largest absolute Gasteiger partial charge is 0.311 e. The summed E-state index contributed by atoms with van der Waals surface area (Å²) >= 11 is 0. The summed E-state index contributed by atoms with van der Waals surface area (Å²) in [5, 5.41) is 2.48. The van der Waals surface area contributed by atoms with Crippen LogP contribution in [0.2, 0.25) is 0 Å². The lowest BCUT2D eigenvalue weighted by atomic mass is 9.70. The fraction of sp³-hybridized carbons (Fsp3) is 0.161. The van der Waals surface area contributed by atoms with Crippen molar-refractivity contribution in [3.8, 4) is 27.9 Å². The van der Waals surface area contributed by atoms with E-state index in [4.69, 9.17) is 0 Å².